The number of hydrogen-bond donors (Lipinski definition) is 1. The second-order valence-corrected chi connectivity index (χ2v) is 8.40. The first-order valence-electron chi connectivity index (χ1n) is 8.54. The normalized spacial score (nSPS) is 11.4. The van der Waals surface area contributed by atoms with Gasteiger partial charge in [-0.1, -0.05) is 35.4 Å². The van der Waals surface area contributed by atoms with Crippen LogP contribution in [-0.2, 0) is 14.8 Å². The van der Waals surface area contributed by atoms with Gasteiger partial charge in [0.1, 0.15) is 0 Å². The Kier molecular flexibility index (Phi) is 6.21. The molecule has 2 rings (SSSR count). The number of nitrogens with zero attached hydrogens (tertiary/aromatic N) is 1. The van der Waals surface area contributed by atoms with Crippen LogP contribution in [0.5, 0.6) is 0 Å². The maximum atomic E-state index is 12.4. The SMILES string of the molecule is CC(=O)N(CCNS(=O)(=O)c1ccc(C)cc1)c1c(C)cc(C)cc1C. The molecule has 0 saturated carbocycles. The van der Waals surface area contributed by atoms with E-state index in [2.05, 4.69) is 4.72 Å². The number of rotatable bonds is 6. The number of carbonyl (C=O) groups excluding carboxylic acids is 1. The van der Waals surface area contributed by atoms with Crippen LogP contribution in [0.2, 0.25) is 0 Å². The zero-order valence-electron chi connectivity index (χ0n) is 16.0. The van der Waals surface area contributed by atoms with Gasteiger partial charge in [0.25, 0.3) is 0 Å². The largest absolute Gasteiger partial charge is 0.311 e. The minimum atomic E-state index is -3.60. The van der Waals surface area contributed by atoms with Crippen LogP contribution in [0.3, 0.4) is 0 Å². The molecule has 0 radical (unpaired) electrons. The quantitative estimate of drug-likeness (QED) is 0.844. The van der Waals surface area contributed by atoms with E-state index in [0.29, 0.717) is 0 Å². The second kappa shape index (κ2) is 8.01. The van der Waals surface area contributed by atoms with Crippen molar-refractivity contribution in [2.24, 2.45) is 0 Å². The number of carbonyl (C=O) groups is 1. The van der Waals surface area contributed by atoms with Gasteiger partial charge in [0.2, 0.25) is 15.9 Å². The van der Waals surface area contributed by atoms with Crippen molar-refractivity contribution in [3.05, 3.63) is 58.7 Å². The molecule has 0 aliphatic heterocycles. The van der Waals surface area contributed by atoms with Crippen LogP contribution < -0.4 is 9.62 Å². The maximum Gasteiger partial charge on any atom is 0.240 e. The first-order chi connectivity index (χ1) is 12.1. The van der Waals surface area contributed by atoms with E-state index in [0.717, 1.165) is 27.9 Å². The Morgan fingerprint density at radius 2 is 1.50 bits per heavy atom. The highest BCUT2D eigenvalue weighted by atomic mass is 32.2. The molecule has 0 aliphatic carbocycles. The van der Waals surface area contributed by atoms with Crippen molar-refractivity contribution in [1.82, 2.24) is 4.72 Å². The summed E-state index contributed by atoms with van der Waals surface area (Å²) in [6, 6.07) is 10.7. The predicted octanol–water partition coefficient (Wildman–Crippen LogP) is 3.25. The van der Waals surface area contributed by atoms with Crippen LogP contribution in [0, 0.1) is 27.7 Å². The third-order valence-electron chi connectivity index (χ3n) is 4.24. The molecule has 0 heterocycles. The number of amides is 1. The van der Waals surface area contributed by atoms with Crippen molar-refractivity contribution in [1.29, 1.82) is 0 Å². The third-order valence-corrected chi connectivity index (χ3v) is 5.72. The van der Waals surface area contributed by atoms with E-state index < -0.39 is 10.0 Å². The van der Waals surface area contributed by atoms with Crippen LogP contribution in [0.25, 0.3) is 0 Å². The van der Waals surface area contributed by atoms with Crippen molar-refractivity contribution in [3.63, 3.8) is 0 Å². The molecule has 0 saturated heterocycles. The summed E-state index contributed by atoms with van der Waals surface area (Å²) in [5.41, 5.74) is 4.97. The van der Waals surface area contributed by atoms with Gasteiger partial charge in [-0.25, -0.2) is 13.1 Å². The molecule has 0 aliphatic rings. The van der Waals surface area contributed by atoms with Gasteiger partial charge in [-0.2, -0.15) is 0 Å². The summed E-state index contributed by atoms with van der Waals surface area (Å²) in [5.74, 6) is -0.116. The van der Waals surface area contributed by atoms with Crippen molar-refractivity contribution >= 4 is 21.6 Å². The fourth-order valence-corrected chi connectivity index (χ4v) is 4.14. The van der Waals surface area contributed by atoms with Gasteiger partial charge < -0.3 is 4.90 Å². The molecule has 26 heavy (non-hydrogen) atoms. The fourth-order valence-electron chi connectivity index (χ4n) is 3.12. The second-order valence-electron chi connectivity index (χ2n) is 6.63. The molecule has 0 fully saturated rings. The molecule has 2 aromatic carbocycles. The Balaban J connectivity index is 2.15. The van der Waals surface area contributed by atoms with Crippen molar-refractivity contribution in [2.45, 2.75) is 39.5 Å². The first-order valence-corrected chi connectivity index (χ1v) is 10.0. The van der Waals surface area contributed by atoms with Crippen LogP contribution in [0.1, 0.15) is 29.2 Å². The van der Waals surface area contributed by atoms with E-state index in [1.807, 2.05) is 39.8 Å². The summed E-state index contributed by atoms with van der Waals surface area (Å²) in [4.78, 5) is 14.0. The number of aryl methyl sites for hydroxylation is 4. The van der Waals surface area contributed by atoms with Crippen LogP contribution in [0.15, 0.2) is 41.3 Å². The van der Waals surface area contributed by atoms with Crippen LogP contribution >= 0.6 is 0 Å². The van der Waals surface area contributed by atoms with E-state index in [-0.39, 0.29) is 23.9 Å². The molecular formula is C20H26N2O3S. The van der Waals surface area contributed by atoms with E-state index in [4.69, 9.17) is 0 Å². The lowest BCUT2D eigenvalue weighted by Crippen LogP contribution is -2.38. The van der Waals surface area contributed by atoms with E-state index in [1.165, 1.54) is 6.92 Å². The number of sulfonamides is 1. The highest BCUT2D eigenvalue weighted by Crippen LogP contribution is 2.26. The zero-order valence-corrected chi connectivity index (χ0v) is 16.8. The molecule has 1 N–H and O–H groups in total. The summed E-state index contributed by atoms with van der Waals surface area (Å²) in [5, 5.41) is 0. The van der Waals surface area contributed by atoms with Crippen LogP contribution in [-0.4, -0.2) is 27.4 Å². The topological polar surface area (TPSA) is 66.5 Å². The minimum absolute atomic E-state index is 0.116. The Labute approximate surface area is 156 Å². The third kappa shape index (κ3) is 4.71. The number of hydrogen-bond acceptors (Lipinski definition) is 3. The highest BCUT2D eigenvalue weighted by molar-refractivity contribution is 7.89. The molecule has 2 aromatic rings. The molecular weight excluding hydrogens is 348 g/mol. The van der Waals surface area contributed by atoms with E-state index in [9.17, 15) is 13.2 Å². The van der Waals surface area contributed by atoms with Gasteiger partial charge in [-0.15, -0.1) is 0 Å². The number of benzene rings is 2. The smallest absolute Gasteiger partial charge is 0.240 e. The average molecular weight is 375 g/mol. The number of anilines is 1. The van der Waals surface area contributed by atoms with Crippen LogP contribution in [0.4, 0.5) is 5.69 Å². The molecule has 140 valence electrons. The summed E-state index contributed by atoms with van der Waals surface area (Å²) in [6.45, 7) is 9.74. The lowest BCUT2D eigenvalue weighted by Gasteiger charge is -2.25. The predicted molar refractivity (Wildman–Crippen MR) is 105 cm³/mol. The van der Waals surface area contributed by atoms with Crippen molar-refractivity contribution < 1.29 is 13.2 Å². The summed E-state index contributed by atoms with van der Waals surface area (Å²) >= 11 is 0. The molecule has 0 unspecified atom stereocenters. The zero-order chi connectivity index (χ0) is 19.5. The standard InChI is InChI=1S/C20H26N2O3S/c1-14-6-8-19(9-7-14)26(24,25)21-10-11-22(18(5)23)20-16(3)12-15(2)13-17(20)4/h6-9,12-13,21H,10-11H2,1-5H3. The molecule has 1 amide bonds. The Morgan fingerprint density at radius 1 is 0.962 bits per heavy atom. The Morgan fingerprint density at radius 3 is 2.00 bits per heavy atom. The molecule has 0 atom stereocenters. The summed E-state index contributed by atoms with van der Waals surface area (Å²) in [7, 11) is -3.60. The van der Waals surface area contributed by atoms with Crippen molar-refractivity contribution in [2.75, 3.05) is 18.0 Å². The molecule has 0 bridgehead atoms. The van der Waals surface area contributed by atoms with Crippen molar-refractivity contribution in [3.8, 4) is 0 Å². The van der Waals surface area contributed by atoms with E-state index >= 15 is 0 Å². The van der Waals surface area contributed by atoms with Gasteiger partial charge >= 0.3 is 0 Å². The highest BCUT2D eigenvalue weighted by Gasteiger charge is 2.18. The minimum Gasteiger partial charge on any atom is -0.311 e. The van der Waals surface area contributed by atoms with Gasteiger partial charge in [0.15, 0.2) is 0 Å². The average Bonchev–Trinajstić information content (AvgIpc) is 2.52. The summed E-state index contributed by atoms with van der Waals surface area (Å²) in [6.07, 6.45) is 0. The maximum absolute atomic E-state index is 12.4. The molecule has 6 heteroatoms. The summed E-state index contributed by atoms with van der Waals surface area (Å²) < 4.78 is 27.4. The van der Waals surface area contributed by atoms with E-state index in [1.54, 1.807) is 29.2 Å². The molecule has 0 aromatic heterocycles. The molecule has 5 nitrogen and oxygen atoms in total. The lowest BCUT2D eigenvalue weighted by molar-refractivity contribution is -0.116. The monoisotopic (exact) mass is 374 g/mol. The van der Waals surface area contributed by atoms with Gasteiger partial charge in [-0.05, 0) is 51.0 Å². The van der Waals surface area contributed by atoms with Gasteiger partial charge in [0.05, 0.1) is 4.90 Å². The lowest BCUT2D eigenvalue weighted by atomic mass is 10.0. The molecule has 0 spiro atoms. The van der Waals surface area contributed by atoms with Gasteiger partial charge in [0, 0.05) is 25.7 Å². The number of nitrogens with one attached hydrogen (secondary N) is 1. The first kappa shape index (κ1) is 20.1. The Bertz CT molecular complexity index is 880. The fraction of sp³-hybridized carbons (Fsp3) is 0.350. The van der Waals surface area contributed by atoms with Gasteiger partial charge in [-0.3, -0.25) is 4.79 Å². The Hall–Kier alpha value is -2.18.